The maximum absolute atomic E-state index is 11.9. The smallest absolute Gasteiger partial charge is 0.263 e. The van der Waals surface area contributed by atoms with E-state index in [0.29, 0.717) is 32.5 Å². The van der Waals surface area contributed by atoms with E-state index in [1.807, 2.05) is 11.0 Å². The second-order valence-corrected chi connectivity index (χ2v) is 5.74. The van der Waals surface area contributed by atoms with Gasteiger partial charge in [-0.1, -0.05) is 13.8 Å². The van der Waals surface area contributed by atoms with Crippen LogP contribution in [0.3, 0.4) is 0 Å². The molecule has 1 aliphatic rings. The SMILES string of the molecule is CCN(CC)CCN/C=C(/C#N)C(=O)NCCCN1CCCC1=O. The highest BCUT2D eigenvalue weighted by Crippen LogP contribution is 2.09. The van der Waals surface area contributed by atoms with Crippen LogP contribution in [0, 0.1) is 11.3 Å². The molecule has 0 bridgehead atoms. The van der Waals surface area contributed by atoms with Crippen molar-refractivity contribution in [1.82, 2.24) is 20.4 Å². The molecule has 24 heavy (non-hydrogen) atoms. The third kappa shape index (κ3) is 7.01. The Morgan fingerprint density at radius 1 is 1.38 bits per heavy atom. The number of nitrogens with one attached hydrogen (secondary N) is 2. The van der Waals surface area contributed by atoms with Crippen LogP contribution in [0.5, 0.6) is 0 Å². The molecule has 0 aliphatic carbocycles. The fourth-order valence-corrected chi connectivity index (χ4v) is 2.59. The van der Waals surface area contributed by atoms with Crippen molar-refractivity contribution in [3.8, 4) is 6.07 Å². The number of nitriles is 1. The zero-order valence-electron chi connectivity index (χ0n) is 14.8. The molecular formula is C17H29N5O2. The Kier molecular flexibility index (Phi) is 9.54. The molecule has 1 rings (SSSR count). The van der Waals surface area contributed by atoms with Crippen molar-refractivity contribution in [1.29, 1.82) is 5.26 Å². The average molecular weight is 335 g/mol. The summed E-state index contributed by atoms with van der Waals surface area (Å²) in [7, 11) is 0. The molecule has 0 aromatic heterocycles. The molecule has 0 unspecified atom stereocenters. The Hall–Kier alpha value is -2.07. The van der Waals surface area contributed by atoms with Gasteiger partial charge in [0.05, 0.1) is 0 Å². The van der Waals surface area contributed by atoms with Crippen LogP contribution in [0.15, 0.2) is 11.8 Å². The monoisotopic (exact) mass is 335 g/mol. The van der Waals surface area contributed by atoms with Gasteiger partial charge in [-0.15, -0.1) is 0 Å². The lowest BCUT2D eigenvalue weighted by Gasteiger charge is -2.17. The Morgan fingerprint density at radius 3 is 2.71 bits per heavy atom. The van der Waals surface area contributed by atoms with Gasteiger partial charge in [-0.25, -0.2) is 0 Å². The van der Waals surface area contributed by atoms with Crippen LogP contribution in [0.1, 0.15) is 33.1 Å². The second kappa shape index (κ2) is 11.5. The molecule has 0 atom stereocenters. The van der Waals surface area contributed by atoms with Gasteiger partial charge in [0, 0.05) is 45.3 Å². The minimum absolute atomic E-state index is 0.0757. The largest absolute Gasteiger partial charge is 0.388 e. The third-order valence-corrected chi connectivity index (χ3v) is 4.14. The minimum atomic E-state index is -0.374. The number of likely N-dealkylation sites (tertiary alicyclic amines) is 1. The van der Waals surface area contributed by atoms with E-state index in [9.17, 15) is 9.59 Å². The number of amides is 2. The number of nitrogens with zero attached hydrogens (tertiary/aromatic N) is 3. The fraction of sp³-hybridized carbons (Fsp3) is 0.706. The molecule has 2 amide bonds. The topological polar surface area (TPSA) is 88.5 Å². The van der Waals surface area contributed by atoms with Gasteiger partial charge in [-0.3, -0.25) is 9.59 Å². The molecule has 1 heterocycles. The van der Waals surface area contributed by atoms with E-state index in [2.05, 4.69) is 29.4 Å². The first kappa shape index (κ1) is 20.0. The van der Waals surface area contributed by atoms with Crippen LogP contribution >= 0.6 is 0 Å². The lowest BCUT2D eigenvalue weighted by atomic mass is 10.3. The number of carbonyl (C=O) groups is 2. The zero-order valence-corrected chi connectivity index (χ0v) is 14.8. The highest BCUT2D eigenvalue weighted by molar-refractivity contribution is 5.97. The van der Waals surface area contributed by atoms with Crippen molar-refractivity contribution < 1.29 is 9.59 Å². The Bertz CT molecular complexity index is 480. The van der Waals surface area contributed by atoms with E-state index in [4.69, 9.17) is 5.26 Å². The normalized spacial score (nSPS) is 14.8. The summed E-state index contributed by atoms with van der Waals surface area (Å²) in [6.45, 7) is 9.65. The molecule has 1 saturated heterocycles. The van der Waals surface area contributed by atoms with Crippen molar-refractivity contribution in [3.63, 3.8) is 0 Å². The number of carbonyl (C=O) groups excluding carboxylic acids is 2. The quantitative estimate of drug-likeness (QED) is 0.325. The van der Waals surface area contributed by atoms with Crippen molar-refractivity contribution >= 4 is 11.8 Å². The molecule has 0 saturated carbocycles. The molecule has 134 valence electrons. The van der Waals surface area contributed by atoms with Gasteiger partial charge in [-0.05, 0) is 25.9 Å². The first-order valence-electron chi connectivity index (χ1n) is 8.74. The number of rotatable bonds is 11. The summed E-state index contributed by atoms with van der Waals surface area (Å²) < 4.78 is 0. The van der Waals surface area contributed by atoms with Crippen LogP contribution in [0.2, 0.25) is 0 Å². The van der Waals surface area contributed by atoms with Gasteiger partial charge in [0.15, 0.2) is 0 Å². The Morgan fingerprint density at radius 2 is 2.12 bits per heavy atom. The van der Waals surface area contributed by atoms with E-state index in [1.165, 1.54) is 6.20 Å². The molecule has 0 radical (unpaired) electrons. The van der Waals surface area contributed by atoms with E-state index in [-0.39, 0.29) is 17.4 Å². The molecule has 0 aromatic rings. The van der Waals surface area contributed by atoms with E-state index in [1.54, 1.807) is 0 Å². The predicted molar refractivity (Wildman–Crippen MR) is 92.9 cm³/mol. The van der Waals surface area contributed by atoms with E-state index >= 15 is 0 Å². The van der Waals surface area contributed by atoms with Crippen molar-refractivity contribution in [3.05, 3.63) is 11.8 Å². The summed E-state index contributed by atoms with van der Waals surface area (Å²) in [6.07, 6.45) is 3.73. The first-order chi connectivity index (χ1) is 11.6. The molecule has 7 heteroatoms. The van der Waals surface area contributed by atoms with Gasteiger partial charge >= 0.3 is 0 Å². The number of likely N-dealkylation sites (N-methyl/N-ethyl adjacent to an activating group) is 1. The van der Waals surface area contributed by atoms with Gasteiger partial charge in [0.1, 0.15) is 11.6 Å². The second-order valence-electron chi connectivity index (χ2n) is 5.74. The minimum Gasteiger partial charge on any atom is -0.388 e. The average Bonchev–Trinajstić information content (AvgIpc) is 3.00. The van der Waals surface area contributed by atoms with Crippen LogP contribution in [0.25, 0.3) is 0 Å². The van der Waals surface area contributed by atoms with Crippen molar-refractivity contribution in [2.24, 2.45) is 0 Å². The zero-order chi connectivity index (χ0) is 17.8. The number of hydrogen-bond acceptors (Lipinski definition) is 5. The lowest BCUT2D eigenvalue weighted by molar-refractivity contribution is -0.127. The molecule has 2 N–H and O–H groups in total. The fourth-order valence-electron chi connectivity index (χ4n) is 2.59. The summed E-state index contributed by atoms with van der Waals surface area (Å²) in [6, 6.07) is 1.92. The van der Waals surface area contributed by atoms with Crippen LogP contribution in [0.4, 0.5) is 0 Å². The summed E-state index contributed by atoms with van der Waals surface area (Å²) in [5.74, 6) is -0.183. The van der Waals surface area contributed by atoms with Crippen LogP contribution < -0.4 is 10.6 Å². The maximum Gasteiger partial charge on any atom is 0.263 e. The Balaban J connectivity index is 2.23. The van der Waals surface area contributed by atoms with Gasteiger partial charge < -0.3 is 20.4 Å². The van der Waals surface area contributed by atoms with Crippen molar-refractivity contribution in [2.45, 2.75) is 33.1 Å². The summed E-state index contributed by atoms with van der Waals surface area (Å²) in [5.41, 5.74) is 0.0757. The highest BCUT2D eigenvalue weighted by atomic mass is 16.2. The lowest BCUT2D eigenvalue weighted by Crippen LogP contribution is -2.32. The van der Waals surface area contributed by atoms with Gasteiger partial charge in [0.25, 0.3) is 5.91 Å². The van der Waals surface area contributed by atoms with Gasteiger partial charge in [-0.2, -0.15) is 5.26 Å². The van der Waals surface area contributed by atoms with E-state index < -0.39 is 0 Å². The molecule has 7 nitrogen and oxygen atoms in total. The molecule has 1 aliphatic heterocycles. The van der Waals surface area contributed by atoms with Gasteiger partial charge in [0.2, 0.25) is 5.91 Å². The predicted octanol–water partition coefficient (Wildman–Crippen LogP) is 0.454. The standard InChI is InChI=1S/C17H29N5O2/c1-3-21(4-2)12-9-19-14-15(13-18)17(24)20-8-6-11-22-10-5-7-16(22)23/h14,19H,3-12H2,1-2H3,(H,20,24)/b15-14-. The third-order valence-electron chi connectivity index (χ3n) is 4.14. The Labute approximate surface area is 144 Å². The van der Waals surface area contributed by atoms with Crippen LogP contribution in [-0.4, -0.2) is 67.4 Å². The highest BCUT2D eigenvalue weighted by Gasteiger charge is 2.19. The molecule has 0 aromatic carbocycles. The molecule has 1 fully saturated rings. The molecular weight excluding hydrogens is 306 g/mol. The summed E-state index contributed by atoms with van der Waals surface area (Å²) in [5, 5.41) is 14.8. The summed E-state index contributed by atoms with van der Waals surface area (Å²) >= 11 is 0. The number of hydrogen-bond donors (Lipinski definition) is 2. The molecule has 0 spiro atoms. The van der Waals surface area contributed by atoms with Crippen LogP contribution in [-0.2, 0) is 9.59 Å². The van der Waals surface area contributed by atoms with Crippen molar-refractivity contribution in [2.75, 3.05) is 45.8 Å². The van der Waals surface area contributed by atoms with E-state index in [0.717, 1.165) is 32.6 Å². The summed E-state index contributed by atoms with van der Waals surface area (Å²) in [4.78, 5) is 27.5. The first-order valence-corrected chi connectivity index (χ1v) is 8.74. The maximum atomic E-state index is 11.9.